The van der Waals surface area contributed by atoms with Crippen molar-refractivity contribution in [1.82, 2.24) is 9.21 Å². The first-order valence-corrected chi connectivity index (χ1v) is 10.8. The first kappa shape index (κ1) is 20.5. The van der Waals surface area contributed by atoms with E-state index in [0.717, 1.165) is 23.1 Å². The summed E-state index contributed by atoms with van der Waals surface area (Å²) in [6, 6.07) is 13.9. The Labute approximate surface area is 166 Å². The number of hydrogen-bond acceptors (Lipinski definition) is 4. The summed E-state index contributed by atoms with van der Waals surface area (Å²) in [7, 11) is -3.81. The van der Waals surface area contributed by atoms with Crippen molar-refractivity contribution in [3.05, 3.63) is 65.2 Å². The van der Waals surface area contributed by atoms with Gasteiger partial charge in [-0.05, 0) is 42.2 Å². The van der Waals surface area contributed by atoms with Crippen LogP contribution in [-0.2, 0) is 34.3 Å². The first-order valence-electron chi connectivity index (χ1n) is 9.37. The van der Waals surface area contributed by atoms with Gasteiger partial charge in [-0.25, -0.2) is 8.42 Å². The van der Waals surface area contributed by atoms with Crippen LogP contribution in [0.25, 0.3) is 0 Å². The van der Waals surface area contributed by atoms with Gasteiger partial charge < -0.3 is 10.0 Å². The molecule has 6 nitrogen and oxygen atoms in total. The Kier molecular flexibility index (Phi) is 6.17. The summed E-state index contributed by atoms with van der Waals surface area (Å²) >= 11 is 0. The molecule has 1 amide bonds. The summed E-state index contributed by atoms with van der Waals surface area (Å²) in [5, 5.41) is 9.63. The molecule has 0 radical (unpaired) electrons. The lowest BCUT2D eigenvalue weighted by atomic mass is 10.00. The molecule has 28 heavy (non-hydrogen) atoms. The van der Waals surface area contributed by atoms with Gasteiger partial charge >= 0.3 is 0 Å². The van der Waals surface area contributed by atoms with Gasteiger partial charge in [-0.15, -0.1) is 0 Å². The van der Waals surface area contributed by atoms with Crippen LogP contribution in [0.1, 0.15) is 30.5 Å². The fourth-order valence-electron chi connectivity index (χ4n) is 3.43. The highest BCUT2D eigenvalue weighted by molar-refractivity contribution is 7.89. The first-order chi connectivity index (χ1) is 13.3. The van der Waals surface area contributed by atoms with Crippen LogP contribution in [0.15, 0.2) is 53.4 Å². The number of rotatable bonds is 6. The molecule has 0 saturated carbocycles. The number of sulfonamides is 1. The quantitative estimate of drug-likeness (QED) is 0.803. The van der Waals surface area contributed by atoms with E-state index in [1.165, 1.54) is 11.2 Å². The number of aliphatic hydroxyl groups excluding tert-OH is 1. The SMILES string of the molecule is CC(=O)N1CCc2ccc(S(=O)(=O)N(Cc3ccccc3)[C@@H](C)CO)cc2C1. The zero-order valence-corrected chi connectivity index (χ0v) is 17.0. The molecule has 0 saturated heterocycles. The second-order valence-corrected chi connectivity index (χ2v) is 9.08. The Morgan fingerprint density at radius 1 is 1.18 bits per heavy atom. The van der Waals surface area contributed by atoms with Gasteiger partial charge in [-0.3, -0.25) is 4.79 Å². The number of carbonyl (C=O) groups is 1. The minimum Gasteiger partial charge on any atom is -0.395 e. The monoisotopic (exact) mass is 402 g/mol. The Balaban J connectivity index is 1.95. The molecule has 2 aromatic carbocycles. The van der Waals surface area contributed by atoms with Crippen molar-refractivity contribution in [3.8, 4) is 0 Å². The number of fused-ring (bicyclic) bond motifs is 1. The van der Waals surface area contributed by atoms with Gasteiger partial charge in [0.1, 0.15) is 0 Å². The lowest BCUT2D eigenvalue weighted by Crippen LogP contribution is -2.40. The van der Waals surface area contributed by atoms with E-state index in [1.54, 1.807) is 24.0 Å². The van der Waals surface area contributed by atoms with E-state index in [9.17, 15) is 18.3 Å². The molecule has 0 unspecified atom stereocenters. The number of amides is 1. The summed E-state index contributed by atoms with van der Waals surface area (Å²) in [6.07, 6.45) is 0.718. The minimum atomic E-state index is -3.81. The van der Waals surface area contributed by atoms with Crippen LogP contribution in [0.4, 0.5) is 0 Å². The zero-order chi connectivity index (χ0) is 20.3. The Bertz CT molecular complexity index is 944. The smallest absolute Gasteiger partial charge is 0.243 e. The largest absolute Gasteiger partial charge is 0.395 e. The molecule has 0 bridgehead atoms. The van der Waals surface area contributed by atoms with Crippen molar-refractivity contribution < 1.29 is 18.3 Å². The molecular formula is C21H26N2O4S. The van der Waals surface area contributed by atoms with Gasteiger partial charge in [0.2, 0.25) is 15.9 Å². The van der Waals surface area contributed by atoms with Gasteiger partial charge in [0.25, 0.3) is 0 Å². The molecule has 2 aromatic rings. The van der Waals surface area contributed by atoms with Gasteiger partial charge in [-0.2, -0.15) is 4.31 Å². The molecule has 150 valence electrons. The summed E-state index contributed by atoms with van der Waals surface area (Å²) in [5.41, 5.74) is 2.78. The third kappa shape index (κ3) is 4.27. The molecule has 1 N–H and O–H groups in total. The van der Waals surface area contributed by atoms with Crippen LogP contribution in [0.3, 0.4) is 0 Å². The highest BCUT2D eigenvalue weighted by Gasteiger charge is 2.30. The van der Waals surface area contributed by atoms with E-state index in [4.69, 9.17) is 0 Å². The molecule has 1 heterocycles. The molecule has 1 aliphatic rings. The Morgan fingerprint density at radius 2 is 1.89 bits per heavy atom. The van der Waals surface area contributed by atoms with Crippen molar-refractivity contribution in [3.63, 3.8) is 0 Å². The van der Waals surface area contributed by atoms with E-state index in [1.807, 2.05) is 36.4 Å². The second-order valence-electron chi connectivity index (χ2n) is 7.19. The average Bonchev–Trinajstić information content (AvgIpc) is 2.71. The molecule has 1 atom stereocenters. The third-order valence-electron chi connectivity index (χ3n) is 5.18. The normalized spacial score (nSPS) is 15.4. The number of hydrogen-bond donors (Lipinski definition) is 1. The molecule has 0 aromatic heterocycles. The number of nitrogens with zero attached hydrogens (tertiary/aromatic N) is 2. The van der Waals surface area contributed by atoms with Gasteiger partial charge in [0, 0.05) is 32.6 Å². The van der Waals surface area contributed by atoms with Gasteiger partial charge in [0.05, 0.1) is 11.5 Å². The molecular weight excluding hydrogens is 376 g/mol. The van der Waals surface area contributed by atoms with E-state index >= 15 is 0 Å². The lowest BCUT2D eigenvalue weighted by molar-refractivity contribution is -0.129. The topological polar surface area (TPSA) is 77.9 Å². The number of benzene rings is 2. The standard InChI is InChI=1S/C21H26N2O4S/c1-16(15-24)23(13-18-6-4-3-5-7-18)28(26,27)21-9-8-19-10-11-22(17(2)25)14-20(19)12-21/h3-9,12,16,24H,10-11,13-15H2,1-2H3/t16-/m0/s1. The highest BCUT2D eigenvalue weighted by atomic mass is 32.2. The van der Waals surface area contributed by atoms with E-state index < -0.39 is 16.1 Å². The Hall–Kier alpha value is -2.22. The van der Waals surface area contributed by atoms with Crippen LogP contribution in [0, 0.1) is 0 Å². The van der Waals surface area contributed by atoms with Crippen molar-refractivity contribution in [2.45, 2.75) is 44.3 Å². The molecule has 1 aliphatic heterocycles. The molecule has 0 fully saturated rings. The van der Waals surface area contributed by atoms with Crippen LogP contribution in [-0.4, -0.2) is 47.8 Å². The van der Waals surface area contributed by atoms with Crippen molar-refractivity contribution in [1.29, 1.82) is 0 Å². The number of carbonyl (C=O) groups excluding carboxylic acids is 1. The van der Waals surface area contributed by atoms with E-state index in [0.29, 0.717) is 13.1 Å². The van der Waals surface area contributed by atoms with E-state index in [-0.39, 0.29) is 24.0 Å². The Morgan fingerprint density at radius 3 is 2.54 bits per heavy atom. The summed E-state index contributed by atoms with van der Waals surface area (Å²) in [4.78, 5) is 13.6. The molecule has 3 rings (SSSR count). The summed E-state index contributed by atoms with van der Waals surface area (Å²) in [6.45, 7) is 4.20. The van der Waals surface area contributed by atoms with Crippen molar-refractivity contribution in [2.75, 3.05) is 13.2 Å². The fraction of sp³-hybridized carbons (Fsp3) is 0.381. The fourth-order valence-corrected chi connectivity index (χ4v) is 5.09. The summed E-state index contributed by atoms with van der Waals surface area (Å²) < 4.78 is 28.1. The molecule has 0 aliphatic carbocycles. The third-order valence-corrected chi connectivity index (χ3v) is 7.14. The molecule has 0 spiro atoms. The summed E-state index contributed by atoms with van der Waals surface area (Å²) in [5.74, 6) is -0.0153. The zero-order valence-electron chi connectivity index (χ0n) is 16.2. The van der Waals surface area contributed by atoms with Crippen LogP contribution in [0.2, 0.25) is 0 Å². The molecule has 7 heteroatoms. The van der Waals surface area contributed by atoms with Crippen LogP contribution >= 0.6 is 0 Å². The van der Waals surface area contributed by atoms with Gasteiger partial charge in [0.15, 0.2) is 0 Å². The van der Waals surface area contributed by atoms with E-state index in [2.05, 4.69) is 0 Å². The average molecular weight is 403 g/mol. The van der Waals surface area contributed by atoms with Gasteiger partial charge in [-0.1, -0.05) is 36.4 Å². The predicted molar refractivity (Wildman–Crippen MR) is 107 cm³/mol. The maximum atomic E-state index is 13.4. The predicted octanol–water partition coefficient (Wildman–Crippen LogP) is 2.16. The second kappa shape index (κ2) is 8.43. The maximum absolute atomic E-state index is 13.4. The minimum absolute atomic E-state index is 0.0153. The maximum Gasteiger partial charge on any atom is 0.243 e. The highest BCUT2D eigenvalue weighted by Crippen LogP contribution is 2.26. The van der Waals surface area contributed by atoms with Crippen molar-refractivity contribution >= 4 is 15.9 Å². The van der Waals surface area contributed by atoms with Crippen LogP contribution < -0.4 is 0 Å². The lowest BCUT2D eigenvalue weighted by Gasteiger charge is -2.30. The number of aliphatic hydroxyl groups is 1. The van der Waals surface area contributed by atoms with Crippen LogP contribution in [0.5, 0.6) is 0 Å². The van der Waals surface area contributed by atoms with Crippen molar-refractivity contribution in [2.24, 2.45) is 0 Å².